The zero-order valence-corrected chi connectivity index (χ0v) is 12.1. The molecule has 0 spiro atoms. The van der Waals surface area contributed by atoms with Crippen LogP contribution in [0.4, 0.5) is 5.82 Å². The number of halogens is 1. The van der Waals surface area contributed by atoms with E-state index in [0.717, 1.165) is 44.1 Å². The van der Waals surface area contributed by atoms with Gasteiger partial charge in [0.05, 0.1) is 0 Å². The lowest BCUT2D eigenvalue weighted by Gasteiger charge is -2.36. The van der Waals surface area contributed by atoms with Crippen molar-refractivity contribution in [3.05, 3.63) is 17.0 Å². The number of piperazine rings is 1. The molecule has 2 rings (SSSR count). The number of hydrogen-bond donors (Lipinski definition) is 0. The molecule has 0 aromatic carbocycles. The van der Waals surface area contributed by atoms with Gasteiger partial charge in [0.15, 0.2) is 0 Å². The van der Waals surface area contributed by atoms with Crippen molar-refractivity contribution in [2.45, 2.75) is 26.7 Å². The van der Waals surface area contributed by atoms with E-state index in [1.54, 1.807) is 6.33 Å². The van der Waals surface area contributed by atoms with E-state index in [9.17, 15) is 0 Å². The molecule has 2 heterocycles. The number of hydrogen-bond acceptors (Lipinski definition) is 4. The van der Waals surface area contributed by atoms with Gasteiger partial charge in [-0.15, -0.1) is 0 Å². The maximum Gasteiger partial charge on any atom is 0.138 e. The van der Waals surface area contributed by atoms with Gasteiger partial charge in [-0.25, -0.2) is 9.97 Å². The zero-order valence-electron chi connectivity index (χ0n) is 11.4. The summed E-state index contributed by atoms with van der Waals surface area (Å²) in [4.78, 5) is 13.3. The minimum Gasteiger partial charge on any atom is -0.354 e. The van der Waals surface area contributed by atoms with E-state index in [4.69, 9.17) is 11.6 Å². The highest BCUT2D eigenvalue weighted by molar-refractivity contribution is 6.30. The first-order valence-corrected chi connectivity index (χ1v) is 6.99. The Labute approximate surface area is 114 Å². The van der Waals surface area contributed by atoms with Crippen LogP contribution in [0.1, 0.15) is 32.3 Å². The van der Waals surface area contributed by atoms with E-state index in [0.29, 0.717) is 11.1 Å². The summed E-state index contributed by atoms with van der Waals surface area (Å²) < 4.78 is 0. The van der Waals surface area contributed by atoms with E-state index in [1.807, 2.05) is 0 Å². The van der Waals surface area contributed by atoms with Gasteiger partial charge in [-0.2, -0.15) is 0 Å². The van der Waals surface area contributed by atoms with Crippen LogP contribution in [-0.2, 0) is 0 Å². The van der Waals surface area contributed by atoms with Crippen molar-refractivity contribution in [2.24, 2.45) is 0 Å². The molecule has 0 saturated carbocycles. The van der Waals surface area contributed by atoms with E-state index >= 15 is 0 Å². The van der Waals surface area contributed by atoms with Crippen molar-refractivity contribution in [2.75, 3.05) is 37.6 Å². The third kappa shape index (κ3) is 2.75. The van der Waals surface area contributed by atoms with Crippen LogP contribution in [-0.4, -0.2) is 47.6 Å². The topological polar surface area (TPSA) is 32.3 Å². The molecule has 1 aliphatic rings. The number of likely N-dealkylation sites (N-methyl/N-ethyl adjacent to an activating group) is 1. The standard InChI is InChI=1S/C13H21ClN4/c1-4-17-5-7-18(8-6-17)13-11(10(2)3)12(14)15-9-16-13/h9-10H,4-8H2,1-3H3. The Bertz CT molecular complexity index is 400. The van der Waals surface area contributed by atoms with Crippen molar-refractivity contribution < 1.29 is 0 Å². The molecule has 1 aromatic heterocycles. The highest BCUT2D eigenvalue weighted by atomic mass is 35.5. The lowest BCUT2D eigenvalue weighted by Crippen LogP contribution is -2.46. The van der Waals surface area contributed by atoms with Gasteiger partial charge < -0.3 is 9.80 Å². The predicted molar refractivity (Wildman–Crippen MR) is 75.5 cm³/mol. The molecular weight excluding hydrogens is 248 g/mol. The van der Waals surface area contributed by atoms with Crippen molar-refractivity contribution in [1.29, 1.82) is 0 Å². The molecule has 0 aliphatic carbocycles. The van der Waals surface area contributed by atoms with Crippen LogP contribution >= 0.6 is 11.6 Å². The van der Waals surface area contributed by atoms with Crippen LogP contribution in [0.5, 0.6) is 0 Å². The molecule has 100 valence electrons. The summed E-state index contributed by atoms with van der Waals surface area (Å²) in [6.07, 6.45) is 1.57. The van der Waals surface area contributed by atoms with Crippen LogP contribution in [0.2, 0.25) is 5.15 Å². The van der Waals surface area contributed by atoms with Crippen molar-refractivity contribution in [3.63, 3.8) is 0 Å². The molecule has 1 saturated heterocycles. The first-order valence-electron chi connectivity index (χ1n) is 6.61. The van der Waals surface area contributed by atoms with Gasteiger partial charge in [0.1, 0.15) is 17.3 Å². The summed E-state index contributed by atoms with van der Waals surface area (Å²) in [5.41, 5.74) is 1.07. The molecule has 0 N–H and O–H groups in total. The summed E-state index contributed by atoms with van der Waals surface area (Å²) in [6, 6.07) is 0. The first-order chi connectivity index (χ1) is 8.63. The summed E-state index contributed by atoms with van der Waals surface area (Å²) >= 11 is 6.21. The fraction of sp³-hybridized carbons (Fsp3) is 0.692. The SMILES string of the molecule is CCN1CCN(c2ncnc(Cl)c2C(C)C)CC1. The quantitative estimate of drug-likeness (QED) is 0.788. The predicted octanol–water partition coefficient (Wildman–Crippen LogP) is 2.40. The second-order valence-electron chi connectivity index (χ2n) is 4.98. The van der Waals surface area contributed by atoms with E-state index in [2.05, 4.69) is 40.5 Å². The van der Waals surface area contributed by atoms with Crippen LogP contribution < -0.4 is 4.90 Å². The van der Waals surface area contributed by atoms with Gasteiger partial charge in [0, 0.05) is 31.7 Å². The molecule has 1 aliphatic heterocycles. The molecule has 1 fully saturated rings. The smallest absolute Gasteiger partial charge is 0.138 e. The third-order valence-electron chi connectivity index (χ3n) is 3.51. The molecule has 5 heteroatoms. The van der Waals surface area contributed by atoms with Crippen molar-refractivity contribution in [3.8, 4) is 0 Å². The maximum atomic E-state index is 6.21. The van der Waals surface area contributed by atoms with Crippen LogP contribution in [0.25, 0.3) is 0 Å². The summed E-state index contributed by atoms with van der Waals surface area (Å²) in [5, 5.41) is 0.591. The summed E-state index contributed by atoms with van der Waals surface area (Å²) in [6.45, 7) is 11.8. The van der Waals surface area contributed by atoms with Gasteiger partial charge in [-0.05, 0) is 12.5 Å². The van der Waals surface area contributed by atoms with Gasteiger partial charge >= 0.3 is 0 Å². The third-order valence-corrected chi connectivity index (χ3v) is 3.81. The van der Waals surface area contributed by atoms with Gasteiger partial charge in [0.25, 0.3) is 0 Å². The van der Waals surface area contributed by atoms with Crippen LogP contribution in [0.3, 0.4) is 0 Å². The molecule has 1 aromatic rings. The van der Waals surface area contributed by atoms with Gasteiger partial charge in [-0.1, -0.05) is 32.4 Å². The highest BCUT2D eigenvalue weighted by Gasteiger charge is 2.22. The molecule has 0 amide bonds. The number of rotatable bonds is 3. The Morgan fingerprint density at radius 1 is 1.22 bits per heavy atom. The van der Waals surface area contributed by atoms with E-state index in [1.165, 1.54) is 0 Å². The fourth-order valence-corrected chi connectivity index (χ4v) is 2.74. The zero-order chi connectivity index (χ0) is 13.1. The minimum atomic E-state index is 0.345. The Morgan fingerprint density at radius 2 is 1.89 bits per heavy atom. The molecule has 0 bridgehead atoms. The summed E-state index contributed by atoms with van der Waals surface area (Å²) in [7, 11) is 0. The lowest BCUT2D eigenvalue weighted by molar-refractivity contribution is 0.270. The Balaban J connectivity index is 2.21. The summed E-state index contributed by atoms with van der Waals surface area (Å²) in [5.74, 6) is 1.36. The second kappa shape index (κ2) is 5.85. The fourth-order valence-electron chi connectivity index (χ4n) is 2.39. The highest BCUT2D eigenvalue weighted by Crippen LogP contribution is 2.30. The van der Waals surface area contributed by atoms with Crippen molar-refractivity contribution in [1.82, 2.24) is 14.9 Å². The second-order valence-corrected chi connectivity index (χ2v) is 5.34. The lowest BCUT2D eigenvalue weighted by atomic mass is 10.1. The number of anilines is 1. The first kappa shape index (κ1) is 13.6. The van der Waals surface area contributed by atoms with Gasteiger partial charge in [0.2, 0.25) is 0 Å². The minimum absolute atomic E-state index is 0.345. The number of aromatic nitrogens is 2. The monoisotopic (exact) mass is 268 g/mol. The van der Waals surface area contributed by atoms with Crippen LogP contribution in [0, 0.1) is 0 Å². The normalized spacial score (nSPS) is 17.5. The molecule has 0 radical (unpaired) electrons. The van der Waals surface area contributed by atoms with Crippen molar-refractivity contribution >= 4 is 17.4 Å². The molecular formula is C13H21ClN4. The molecule has 4 nitrogen and oxygen atoms in total. The average molecular weight is 269 g/mol. The largest absolute Gasteiger partial charge is 0.354 e. The van der Waals surface area contributed by atoms with Gasteiger partial charge in [-0.3, -0.25) is 0 Å². The number of nitrogens with zero attached hydrogens (tertiary/aromatic N) is 4. The van der Waals surface area contributed by atoms with E-state index in [-0.39, 0.29) is 0 Å². The molecule has 18 heavy (non-hydrogen) atoms. The Morgan fingerprint density at radius 3 is 2.44 bits per heavy atom. The Kier molecular flexibility index (Phi) is 4.40. The van der Waals surface area contributed by atoms with Crippen LogP contribution in [0.15, 0.2) is 6.33 Å². The van der Waals surface area contributed by atoms with E-state index < -0.39 is 0 Å². The molecule has 0 atom stereocenters. The maximum absolute atomic E-state index is 6.21. The molecule has 0 unspecified atom stereocenters. The average Bonchev–Trinajstić information content (AvgIpc) is 2.38. The Hall–Kier alpha value is -0.870.